The molecule has 0 bridgehead atoms. The van der Waals surface area contributed by atoms with Gasteiger partial charge in [-0.2, -0.15) is 0 Å². The van der Waals surface area contributed by atoms with Crippen LogP contribution in [0.4, 0.5) is 0 Å². The maximum absolute atomic E-state index is 12.6. The Morgan fingerprint density at radius 3 is 2.28 bits per heavy atom. The van der Waals surface area contributed by atoms with E-state index in [0.717, 1.165) is 6.42 Å². The van der Waals surface area contributed by atoms with Gasteiger partial charge in [-0.05, 0) is 39.0 Å². The van der Waals surface area contributed by atoms with Gasteiger partial charge < -0.3 is 0 Å². The van der Waals surface area contributed by atoms with Crippen molar-refractivity contribution in [1.29, 1.82) is 0 Å². The quantitative estimate of drug-likeness (QED) is 0.762. The van der Waals surface area contributed by atoms with Gasteiger partial charge in [-0.1, -0.05) is 41.0 Å². The third-order valence-corrected chi connectivity index (χ3v) is 7.67. The second-order valence-electron chi connectivity index (χ2n) is 5.05. The fourth-order valence-electron chi connectivity index (χ4n) is 2.34. The molecule has 0 saturated carbocycles. The average Bonchev–Trinajstić information content (AvgIpc) is 2.35. The summed E-state index contributed by atoms with van der Waals surface area (Å²) in [5, 5.41) is 0. The largest absolute Gasteiger partial charge is 0.257 e. The van der Waals surface area contributed by atoms with E-state index in [1.807, 2.05) is 0 Å². The number of benzene rings is 1. The van der Waals surface area contributed by atoms with Crippen molar-refractivity contribution >= 4 is 22.6 Å². The van der Waals surface area contributed by atoms with Crippen molar-refractivity contribution in [3.63, 3.8) is 0 Å². The van der Waals surface area contributed by atoms with Gasteiger partial charge in [-0.15, -0.1) is 11.8 Å². The molecule has 1 nitrogen and oxygen atoms in total. The first-order valence-electron chi connectivity index (χ1n) is 6.15. The Labute approximate surface area is 117 Å². The van der Waals surface area contributed by atoms with Crippen molar-refractivity contribution in [3.8, 4) is 0 Å². The van der Waals surface area contributed by atoms with Gasteiger partial charge in [0.05, 0.1) is 0 Å². The fourth-order valence-corrected chi connectivity index (χ4v) is 5.64. The van der Waals surface area contributed by atoms with Gasteiger partial charge >= 0.3 is 0 Å². The lowest BCUT2D eigenvalue weighted by molar-refractivity contribution is 0.658. The van der Waals surface area contributed by atoms with Crippen LogP contribution in [0.3, 0.4) is 0 Å². The second kappa shape index (κ2) is 5.22. The van der Waals surface area contributed by atoms with Crippen molar-refractivity contribution in [1.82, 2.24) is 0 Å². The Bertz CT molecular complexity index is 502. The van der Waals surface area contributed by atoms with E-state index in [9.17, 15) is 4.21 Å². The highest BCUT2D eigenvalue weighted by Gasteiger charge is 2.41. The van der Waals surface area contributed by atoms with E-state index in [1.54, 1.807) is 11.8 Å². The lowest BCUT2D eigenvalue weighted by Crippen LogP contribution is -2.33. The first-order chi connectivity index (χ1) is 8.49. The van der Waals surface area contributed by atoms with Crippen molar-refractivity contribution in [2.75, 3.05) is 12.0 Å². The van der Waals surface area contributed by atoms with Crippen LogP contribution >= 0.6 is 11.8 Å². The summed E-state index contributed by atoms with van der Waals surface area (Å²) in [6.07, 6.45) is 2.97. The summed E-state index contributed by atoms with van der Waals surface area (Å²) < 4.78 is 12.4. The molecule has 0 fully saturated rings. The van der Waals surface area contributed by atoms with E-state index in [-0.39, 0.29) is 4.08 Å². The average molecular weight is 280 g/mol. The zero-order valence-electron chi connectivity index (χ0n) is 11.4. The van der Waals surface area contributed by atoms with E-state index in [4.69, 9.17) is 0 Å². The number of aryl methyl sites for hydroxylation is 1. The summed E-state index contributed by atoms with van der Waals surface area (Å²) in [5.74, 6) is 0.709. The van der Waals surface area contributed by atoms with Crippen molar-refractivity contribution in [3.05, 3.63) is 46.5 Å². The molecule has 18 heavy (non-hydrogen) atoms. The van der Waals surface area contributed by atoms with Crippen molar-refractivity contribution in [2.45, 2.75) is 31.3 Å². The summed E-state index contributed by atoms with van der Waals surface area (Å²) in [7, 11) is -0.840. The van der Waals surface area contributed by atoms with E-state index in [1.165, 1.54) is 22.3 Å². The Balaban J connectivity index is 2.49. The van der Waals surface area contributed by atoms with Gasteiger partial charge in [0.25, 0.3) is 0 Å². The van der Waals surface area contributed by atoms with E-state index < -0.39 is 10.8 Å². The van der Waals surface area contributed by atoms with E-state index in [2.05, 4.69) is 51.3 Å². The molecule has 2 atom stereocenters. The van der Waals surface area contributed by atoms with Gasteiger partial charge in [0, 0.05) is 16.6 Å². The molecule has 0 spiro atoms. The summed E-state index contributed by atoms with van der Waals surface area (Å²) in [5.41, 5.74) is 5.14. The summed E-state index contributed by atoms with van der Waals surface area (Å²) >= 11 is 1.73. The molecule has 2 rings (SSSR count). The lowest BCUT2D eigenvalue weighted by Gasteiger charge is -2.36. The normalized spacial score (nSPS) is 28.6. The fraction of sp³-hybridized carbons (Fsp3) is 0.467. The van der Waals surface area contributed by atoms with Gasteiger partial charge in [-0.25, -0.2) is 0 Å². The smallest absolute Gasteiger partial charge is 0.120 e. The molecule has 0 N–H and O–H groups in total. The molecule has 3 heteroatoms. The molecule has 1 aromatic rings. The lowest BCUT2D eigenvalue weighted by atomic mass is 10.00. The van der Waals surface area contributed by atoms with Crippen LogP contribution in [0.15, 0.2) is 35.4 Å². The summed E-state index contributed by atoms with van der Waals surface area (Å²) in [6, 6.07) is 8.51. The molecular weight excluding hydrogens is 260 g/mol. The maximum atomic E-state index is 12.6. The molecule has 98 valence electrons. The van der Waals surface area contributed by atoms with Gasteiger partial charge in [0.1, 0.15) is 4.08 Å². The molecule has 0 amide bonds. The van der Waals surface area contributed by atoms with Crippen molar-refractivity contribution < 1.29 is 4.21 Å². The van der Waals surface area contributed by atoms with Crippen LogP contribution in [-0.4, -0.2) is 16.2 Å². The molecule has 1 aliphatic heterocycles. The van der Waals surface area contributed by atoms with Crippen LogP contribution in [0.25, 0.3) is 0 Å². The highest BCUT2D eigenvalue weighted by molar-refractivity contribution is 8.11. The van der Waals surface area contributed by atoms with Crippen LogP contribution in [0.1, 0.15) is 31.4 Å². The predicted octanol–water partition coefficient (Wildman–Crippen LogP) is 4.00. The van der Waals surface area contributed by atoms with Crippen LogP contribution in [-0.2, 0) is 14.9 Å². The molecule has 0 aromatic heterocycles. The third kappa shape index (κ3) is 2.30. The molecular formula is C15H20OS2. The number of thioether (sulfide) groups is 1. The van der Waals surface area contributed by atoms with Crippen LogP contribution in [0.2, 0.25) is 0 Å². The minimum atomic E-state index is -0.840. The van der Waals surface area contributed by atoms with Crippen LogP contribution in [0, 0.1) is 6.92 Å². The molecule has 2 unspecified atom stereocenters. The monoisotopic (exact) mass is 280 g/mol. The molecule has 0 saturated heterocycles. The number of allylic oxidation sites excluding steroid dienone is 1. The second-order valence-corrected chi connectivity index (χ2v) is 8.09. The predicted molar refractivity (Wildman–Crippen MR) is 82.4 cm³/mol. The Kier molecular flexibility index (Phi) is 4.02. The van der Waals surface area contributed by atoms with E-state index >= 15 is 0 Å². The first kappa shape index (κ1) is 13.9. The minimum absolute atomic E-state index is 0.253. The number of hydrogen-bond acceptors (Lipinski definition) is 2. The van der Waals surface area contributed by atoms with Crippen LogP contribution < -0.4 is 0 Å². The summed E-state index contributed by atoms with van der Waals surface area (Å²) in [6.45, 7) is 6.36. The Morgan fingerprint density at radius 2 is 1.72 bits per heavy atom. The number of hydrogen-bond donors (Lipinski definition) is 0. The molecule has 0 aliphatic carbocycles. The van der Waals surface area contributed by atoms with Gasteiger partial charge in [-0.3, -0.25) is 4.21 Å². The third-order valence-electron chi connectivity index (χ3n) is 3.76. The molecule has 1 aliphatic rings. The SMILES string of the molecule is CSC1(c2ccc(C)cc2)CC(C)=C(C)CS1=O. The standard InChI is InChI=1S/C15H20OS2/c1-11-5-7-14(8-6-11)15(17-4)9-12(2)13(3)10-18(15)16/h5-8H,9-10H2,1-4H3. The minimum Gasteiger partial charge on any atom is -0.257 e. The van der Waals surface area contributed by atoms with Crippen molar-refractivity contribution in [2.24, 2.45) is 0 Å². The maximum Gasteiger partial charge on any atom is 0.120 e. The Morgan fingerprint density at radius 1 is 1.11 bits per heavy atom. The highest BCUT2D eigenvalue weighted by atomic mass is 32.2. The van der Waals surface area contributed by atoms with Gasteiger partial charge in [0.15, 0.2) is 0 Å². The molecule has 0 radical (unpaired) electrons. The zero-order valence-corrected chi connectivity index (χ0v) is 13.1. The van der Waals surface area contributed by atoms with Gasteiger partial charge in [0.2, 0.25) is 0 Å². The summed E-state index contributed by atoms with van der Waals surface area (Å²) in [4.78, 5) is 0. The topological polar surface area (TPSA) is 17.1 Å². The number of rotatable bonds is 2. The first-order valence-corrected chi connectivity index (χ1v) is 8.70. The molecule has 1 aromatic carbocycles. The highest BCUT2D eigenvalue weighted by Crippen LogP contribution is 2.47. The Hall–Kier alpha value is -0.540. The van der Waals surface area contributed by atoms with E-state index in [0.29, 0.717) is 5.75 Å². The van der Waals surface area contributed by atoms with Crippen LogP contribution in [0.5, 0.6) is 0 Å². The zero-order chi connectivity index (χ0) is 13.3. The molecule has 1 heterocycles.